The van der Waals surface area contributed by atoms with E-state index in [9.17, 15) is 14.1 Å². The second-order valence-corrected chi connectivity index (χ2v) is 10.7. The van der Waals surface area contributed by atoms with Crippen molar-refractivity contribution in [2.24, 2.45) is 17.8 Å². The van der Waals surface area contributed by atoms with E-state index in [1.807, 2.05) is 6.07 Å². The van der Waals surface area contributed by atoms with E-state index in [0.29, 0.717) is 28.6 Å². The molecule has 1 aliphatic carbocycles. The highest BCUT2D eigenvalue weighted by Gasteiger charge is 2.42. The summed E-state index contributed by atoms with van der Waals surface area (Å²) in [6, 6.07) is 14.4. The summed E-state index contributed by atoms with van der Waals surface area (Å²) in [6.07, 6.45) is 2.82. The molecule has 2 aromatic carbocycles. The summed E-state index contributed by atoms with van der Waals surface area (Å²) in [5.41, 5.74) is 0.401. The van der Waals surface area contributed by atoms with Crippen LogP contribution >= 0.6 is 7.37 Å². The molecule has 0 aromatic heterocycles. The van der Waals surface area contributed by atoms with Gasteiger partial charge in [-0.2, -0.15) is 0 Å². The van der Waals surface area contributed by atoms with Gasteiger partial charge in [-0.05, 0) is 60.4 Å². The lowest BCUT2D eigenvalue weighted by atomic mass is 9.75. The van der Waals surface area contributed by atoms with Gasteiger partial charge < -0.3 is 9.63 Å². The van der Waals surface area contributed by atoms with E-state index in [1.54, 1.807) is 24.3 Å². The molecule has 1 aliphatic rings. The fraction of sp³-hybridized carbons (Fsp3) is 0.478. The number of hydrogen-bond acceptors (Lipinski definition) is 3. The summed E-state index contributed by atoms with van der Waals surface area (Å²) in [5.74, 6) is -0.529. The van der Waals surface area contributed by atoms with Gasteiger partial charge >= 0.3 is 0 Å². The number of aliphatic hydroxyl groups is 1. The standard InChI is InChI=1S/C23H30FO3P/c1-16(2)21-14-9-17(3)15-22(21)27-28(26,20-7-5-4-6-8-20)23(25)18-10-12-19(24)13-11-18/h4-8,10-13,16-17,21-23,25H,9,14-15H2,1-3H3/t17-,21+,22-,23+,28+/m1/s1. The van der Waals surface area contributed by atoms with Crippen molar-refractivity contribution in [3.63, 3.8) is 0 Å². The Hall–Kier alpha value is -1.48. The molecule has 2 aromatic rings. The normalized spacial score (nSPS) is 26.0. The SMILES string of the molecule is CC(C)[C@@H]1CC[C@@H](C)C[C@H]1O[P@@](=O)(c1ccccc1)[C@H](O)c1ccc(F)cc1. The van der Waals surface area contributed by atoms with Gasteiger partial charge in [-0.25, -0.2) is 4.39 Å². The third-order valence-electron chi connectivity index (χ3n) is 5.86. The van der Waals surface area contributed by atoms with Gasteiger partial charge in [0.05, 0.1) is 6.10 Å². The number of halogens is 1. The smallest absolute Gasteiger partial charge is 0.264 e. The predicted molar refractivity (Wildman–Crippen MR) is 111 cm³/mol. The van der Waals surface area contributed by atoms with Crippen LogP contribution in [0.2, 0.25) is 0 Å². The van der Waals surface area contributed by atoms with E-state index in [2.05, 4.69) is 20.8 Å². The molecule has 152 valence electrons. The summed E-state index contributed by atoms with van der Waals surface area (Å²) in [4.78, 5) is 0. The van der Waals surface area contributed by atoms with E-state index in [1.165, 1.54) is 24.3 Å². The zero-order valence-corrected chi connectivity index (χ0v) is 17.7. The highest BCUT2D eigenvalue weighted by Crippen LogP contribution is 2.60. The molecule has 0 bridgehead atoms. The third kappa shape index (κ3) is 4.56. The fourth-order valence-corrected chi connectivity index (χ4v) is 6.48. The number of hydrogen-bond donors (Lipinski definition) is 1. The van der Waals surface area contributed by atoms with Gasteiger partial charge in [-0.3, -0.25) is 4.57 Å². The van der Waals surface area contributed by atoms with Crippen LogP contribution in [-0.4, -0.2) is 11.2 Å². The average molecular weight is 404 g/mol. The zero-order valence-electron chi connectivity index (χ0n) is 16.8. The van der Waals surface area contributed by atoms with Crippen molar-refractivity contribution in [3.05, 3.63) is 66.0 Å². The maximum Gasteiger partial charge on any atom is 0.264 e. The molecule has 0 unspecified atom stereocenters. The number of benzene rings is 2. The molecule has 3 nitrogen and oxygen atoms in total. The average Bonchev–Trinajstić information content (AvgIpc) is 2.68. The Labute approximate surface area is 167 Å². The Morgan fingerprint density at radius 3 is 2.32 bits per heavy atom. The summed E-state index contributed by atoms with van der Waals surface area (Å²) in [6.45, 7) is 6.53. The topological polar surface area (TPSA) is 46.5 Å². The maximum absolute atomic E-state index is 14.2. The van der Waals surface area contributed by atoms with Crippen molar-refractivity contribution >= 4 is 12.7 Å². The van der Waals surface area contributed by atoms with E-state index in [0.717, 1.165) is 19.3 Å². The number of aliphatic hydroxyl groups excluding tert-OH is 1. The summed E-state index contributed by atoms with van der Waals surface area (Å²) in [5, 5.41) is 11.6. The van der Waals surface area contributed by atoms with Crippen molar-refractivity contribution in [1.82, 2.24) is 0 Å². The third-order valence-corrected chi connectivity index (χ3v) is 8.40. The van der Waals surface area contributed by atoms with Gasteiger partial charge in [0.25, 0.3) is 7.37 Å². The lowest BCUT2D eigenvalue weighted by Gasteiger charge is -2.39. The van der Waals surface area contributed by atoms with Crippen LogP contribution in [0.25, 0.3) is 0 Å². The molecule has 3 rings (SSSR count). The molecule has 1 saturated carbocycles. The van der Waals surface area contributed by atoms with Gasteiger partial charge in [-0.1, -0.05) is 57.5 Å². The van der Waals surface area contributed by atoms with Crippen LogP contribution in [0, 0.1) is 23.6 Å². The molecule has 0 spiro atoms. The molecular weight excluding hydrogens is 374 g/mol. The fourth-order valence-electron chi connectivity index (χ4n) is 4.16. The lowest BCUT2D eigenvalue weighted by Crippen LogP contribution is -2.35. The largest absolute Gasteiger partial charge is 0.378 e. The van der Waals surface area contributed by atoms with Crippen molar-refractivity contribution in [2.45, 2.75) is 52.0 Å². The van der Waals surface area contributed by atoms with Crippen LogP contribution in [0.3, 0.4) is 0 Å². The van der Waals surface area contributed by atoms with E-state index in [-0.39, 0.29) is 6.10 Å². The summed E-state index contributed by atoms with van der Waals surface area (Å²) in [7, 11) is -3.64. The van der Waals surface area contributed by atoms with Gasteiger partial charge in [0.15, 0.2) is 5.85 Å². The number of rotatable bonds is 6. The van der Waals surface area contributed by atoms with Gasteiger partial charge in [0, 0.05) is 5.30 Å². The Balaban J connectivity index is 1.99. The summed E-state index contributed by atoms with van der Waals surface area (Å²) < 4.78 is 33.9. The van der Waals surface area contributed by atoms with E-state index in [4.69, 9.17) is 4.52 Å². The first-order chi connectivity index (χ1) is 13.3. The maximum atomic E-state index is 14.2. The minimum absolute atomic E-state index is 0.176. The molecule has 0 radical (unpaired) electrons. The second kappa shape index (κ2) is 8.90. The zero-order chi connectivity index (χ0) is 20.3. The molecule has 0 saturated heterocycles. The van der Waals surface area contributed by atoms with Crippen molar-refractivity contribution < 1.29 is 18.6 Å². The minimum atomic E-state index is -3.64. The van der Waals surface area contributed by atoms with Gasteiger partial charge in [0.2, 0.25) is 0 Å². The van der Waals surface area contributed by atoms with Crippen LogP contribution in [0.1, 0.15) is 51.4 Å². The molecule has 0 aliphatic heterocycles. The Bertz CT molecular complexity index is 806. The monoisotopic (exact) mass is 404 g/mol. The summed E-state index contributed by atoms with van der Waals surface area (Å²) >= 11 is 0. The lowest BCUT2D eigenvalue weighted by molar-refractivity contribution is 0.0427. The van der Waals surface area contributed by atoms with Crippen molar-refractivity contribution in [3.8, 4) is 0 Å². The first-order valence-corrected chi connectivity index (χ1v) is 11.8. The molecule has 0 heterocycles. The molecule has 1 N–H and O–H groups in total. The quantitative estimate of drug-likeness (QED) is 0.610. The van der Waals surface area contributed by atoms with Crippen LogP contribution in [-0.2, 0) is 9.09 Å². The van der Waals surface area contributed by atoms with Crippen LogP contribution < -0.4 is 5.30 Å². The Kier molecular flexibility index (Phi) is 6.75. The Morgan fingerprint density at radius 1 is 1.07 bits per heavy atom. The second-order valence-electron chi connectivity index (χ2n) is 8.33. The Morgan fingerprint density at radius 2 is 1.71 bits per heavy atom. The van der Waals surface area contributed by atoms with Gasteiger partial charge in [0.1, 0.15) is 5.82 Å². The minimum Gasteiger partial charge on any atom is -0.378 e. The van der Waals surface area contributed by atoms with E-state index >= 15 is 0 Å². The highest BCUT2D eigenvalue weighted by atomic mass is 31.2. The first-order valence-electron chi connectivity index (χ1n) is 10.1. The predicted octanol–water partition coefficient (Wildman–Crippen LogP) is 5.90. The van der Waals surface area contributed by atoms with Crippen molar-refractivity contribution in [2.75, 3.05) is 0 Å². The molecule has 0 amide bonds. The molecule has 5 heteroatoms. The van der Waals surface area contributed by atoms with Crippen molar-refractivity contribution in [1.29, 1.82) is 0 Å². The molecular formula is C23H30FO3P. The van der Waals surface area contributed by atoms with Gasteiger partial charge in [-0.15, -0.1) is 0 Å². The van der Waals surface area contributed by atoms with Crippen LogP contribution in [0.15, 0.2) is 54.6 Å². The molecule has 1 fully saturated rings. The first kappa shape index (κ1) is 21.2. The molecule has 28 heavy (non-hydrogen) atoms. The molecule has 5 atom stereocenters. The van der Waals surface area contributed by atoms with E-state index < -0.39 is 19.0 Å². The van der Waals surface area contributed by atoms with Crippen LogP contribution in [0.5, 0.6) is 0 Å². The van der Waals surface area contributed by atoms with Crippen LogP contribution in [0.4, 0.5) is 4.39 Å². The highest BCUT2D eigenvalue weighted by molar-refractivity contribution is 7.67.